The molecule has 3 rings (SSSR count). The number of hydrogen-bond donors (Lipinski definition) is 1. The Bertz CT molecular complexity index is 485. The first kappa shape index (κ1) is 14.1. The maximum atomic E-state index is 12.2. The first-order valence-electron chi connectivity index (χ1n) is 7.61. The Balaban J connectivity index is 1.58. The van der Waals surface area contributed by atoms with Gasteiger partial charge in [0.15, 0.2) is 0 Å². The Kier molecular flexibility index (Phi) is 4.24. The summed E-state index contributed by atoms with van der Waals surface area (Å²) in [7, 11) is 0. The van der Waals surface area contributed by atoms with Gasteiger partial charge in [0.2, 0.25) is 0 Å². The molecular weight excluding hydrogens is 268 g/mol. The van der Waals surface area contributed by atoms with Crippen LogP contribution < -0.4 is 10.2 Å². The average molecular weight is 290 g/mol. The van der Waals surface area contributed by atoms with Crippen molar-refractivity contribution in [1.29, 1.82) is 0 Å². The molecule has 114 valence electrons. The van der Waals surface area contributed by atoms with Crippen molar-refractivity contribution in [1.82, 2.24) is 9.88 Å². The van der Waals surface area contributed by atoms with Gasteiger partial charge in [-0.3, -0.25) is 0 Å². The smallest absolute Gasteiger partial charge is 0.322 e. The Hall–Kier alpha value is -1.82. The van der Waals surface area contributed by atoms with Crippen molar-refractivity contribution in [2.24, 2.45) is 0 Å². The van der Waals surface area contributed by atoms with Crippen molar-refractivity contribution in [3.05, 3.63) is 18.3 Å². The summed E-state index contributed by atoms with van der Waals surface area (Å²) >= 11 is 0. The van der Waals surface area contributed by atoms with Gasteiger partial charge in [0, 0.05) is 26.2 Å². The standard InChI is InChI=1S/C15H22N4O2/c1-12-11-19(8-9-21-12)15(20)17-13-4-5-14(16-10-13)18-6-2-3-7-18/h4-5,10,12H,2-3,6-9,11H2,1H3,(H,17,20)/t12-/m1/s1. The van der Waals surface area contributed by atoms with Crippen molar-refractivity contribution in [2.45, 2.75) is 25.9 Å². The summed E-state index contributed by atoms with van der Waals surface area (Å²) in [6, 6.07) is 3.81. The van der Waals surface area contributed by atoms with Crippen LogP contribution in [-0.4, -0.2) is 54.8 Å². The second kappa shape index (κ2) is 6.30. The van der Waals surface area contributed by atoms with E-state index in [0.29, 0.717) is 19.7 Å². The molecule has 1 aromatic rings. The number of rotatable bonds is 2. The van der Waals surface area contributed by atoms with Crippen molar-refractivity contribution in [3.63, 3.8) is 0 Å². The Labute approximate surface area is 125 Å². The summed E-state index contributed by atoms with van der Waals surface area (Å²) in [5.74, 6) is 0.991. The first-order valence-corrected chi connectivity index (χ1v) is 7.61. The number of nitrogens with one attached hydrogen (secondary N) is 1. The average Bonchev–Trinajstić information content (AvgIpc) is 3.02. The molecule has 0 bridgehead atoms. The molecule has 3 heterocycles. The highest BCUT2D eigenvalue weighted by Gasteiger charge is 2.21. The fourth-order valence-corrected chi connectivity index (χ4v) is 2.80. The molecule has 6 heteroatoms. The van der Waals surface area contributed by atoms with Gasteiger partial charge in [-0.1, -0.05) is 0 Å². The van der Waals surface area contributed by atoms with Gasteiger partial charge in [-0.15, -0.1) is 0 Å². The molecule has 1 aromatic heterocycles. The largest absolute Gasteiger partial charge is 0.375 e. The van der Waals surface area contributed by atoms with Crippen molar-refractivity contribution in [2.75, 3.05) is 43.0 Å². The van der Waals surface area contributed by atoms with E-state index >= 15 is 0 Å². The predicted octanol–water partition coefficient (Wildman–Crippen LogP) is 1.93. The topological polar surface area (TPSA) is 57.7 Å². The molecule has 0 radical (unpaired) electrons. The molecule has 21 heavy (non-hydrogen) atoms. The van der Waals surface area contributed by atoms with Crippen LogP contribution in [0.1, 0.15) is 19.8 Å². The second-order valence-corrected chi connectivity index (χ2v) is 5.66. The van der Waals surface area contributed by atoms with Crippen LogP contribution >= 0.6 is 0 Å². The van der Waals surface area contributed by atoms with E-state index in [0.717, 1.165) is 24.6 Å². The highest BCUT2D eigenvalue weighted by molar-refractivity contribution is 5.89. The molecule has 2 aliphatic heterocycles. The molecule has 1 atom stereocenters. The van der Waals surface area contributed by atoms with Crippen LogP contribution in [0.5, 0.6) is 0 Å². The maximum Gasteiger partial charge on any atom is 0.322 e. The number of morpholine rings is 1. The van der Waals surface area contributed by atoms with Crippen LogP contribution in [0.3, 0.4) is 0 Å². The number of carbonyl (C=O) groups is 1. The van der Waals surface area contributed by atoms with Gasteiger partial charge in [0.05, 0.1) is 24.6 Å². The van der Waals surface area contributed by atoms with Crippen LogP contribution in [0.4, 0.5) is 16.3 Å². The van der Waals surface area contributed by atoms with Crippen molar-refractivity contribution in [3.8, 4) is 0 Å². The van der Waals surface area contributed by atoms with E-state index in [4.69, 9.17) is 4.74 Å². The number of urea groups is 1. The third kappa shape index (κ3) is 3.44. The summed E-state index contributed by atoms with van der Waals surface area (Å²) in [6.45, 7) is 5.99. The van der Waals surface area contributed by atoms with Gasteiger partial charge in [0.1, 0.15) is 5.82 Å². The minimum absolute atomic E-state index is 0.0825. The summed E-state index contributed by atoms with van der Waals surface area (Å²) in [5, 5.41) is 2.90. The van der Waals surface area contributed by atoms with Crippen LogP contribution in [0.25, 0.3) is 0 Å². The molecule has 2 amide bonds. The lowest BCUT2D eigenvalue weighted by atomic mass is 10.3. The highest BCUT2D eigenvalue weighted by Crippen LogP contribution is 2.19. The monoisotopic (exact) mass is 290 g/mol. The van der Waals surface area contributed by atoms with Gasteiger partial charge >= 0.3 is 6.03 Å². The normalized spacial score (nSPS) is 22.4. The molecule has 0 aromatic carbocycles. The Morgan fingerprint density at radius 1 is 1.33 bits per heavy atom. The van der Waals surface area contributed by atoms with E-state index in [-0.39, 0.29) is 12.1 Å². The van der Waals surface area contributed by atoms with E-state index in [1.54, 1.807) is 11.1 Å². The molecular formula is C15H22N4O2. The quantitative estimate of drug-likeness (QED) is 0.904. The lowest BCUT2D eigenvalue weighted by molar-refractivity contribution is -0.00138. The summed E-state index contributed by atoms with van der Waals surface area (Å²) < 4.78 is 5.44. The molecule has 0 saturated carbocycles. The first-order chi connectivity index (χ1) is 10.2. The maximum absolute atomic E-state index is 12.2. The molecule has 0 spiro atoms. The van der Waals surface area contributed by atoms with Crippen molar-refractivity contribution >= 4 is 17.5 Å². The molecule has 2 fully saturated rings. The van der Waals surface area contributed by atoms with E-state index in [1.165, 1.54) is 12.8 Å². The van der Waals surface area contributed by atoms with Crippen LogP contribution in [0.15, 0.2) is 18.3 Å². The van der Waals surface area contributed by atoms with Crippen molar-refractivity contribution < 1.29 is 9.53 Å². The number of nitrogens with zero attached hydrogens (tertiary/aromatic N) is 3. The third-order valence-corrected chi connectivity index (χ3v) is 3.96. The van der Waals surface area contributed by atoms with Gasteiger partial charge in [-0.25, -0.2) is 9.78 Å². The van der Waals surface area contributed by atoms with E-state index < -0.39 is 0 Å². The summed E-state index contributed by atoms with van der Waals surface area (Å²) in [5.41, 5.74) is 0.738. The molecule has 6 nitrogen and oxygen atoms in total. The number of hydrogen-bond acceptors (Lipinski definition) is 4. The minimum atomic E-state index is -0.0825. The Morgan fingerprint density at radius 3 is 2.81 bits per heavy atom. The number of ether oxygens (including phenoxy) is 1. The van der Waals surface area contributed by atoms with Crippen LogP contribution in [0, 0.1) is 0 Å². The number of anilines is 2. The van der Waals surface area contributed by atoms with Gasteiger partial charge in [-0.2, -0.15) is 0 Å². The molecule has 0 aliphatic carbocycles. The molecule has 2 saturated heterocycles. The predicted molar refractivity (Wildman–Crippen MR) is 81.7 cm³/mol. The molecule has 2 aliphatic rings. The van der Waals surface area contributed by atoms with E-state index in [1.807, 2.05) is 19.1 Å². The zero-order valence-corrected chi connectivity index (χ0v) is 12.4. The van der Waals surface area contributed by atoms with Crippen LogP contribution in [-0.2, 0) is 4.74 Å². The number of amides is 2. The zero-order valence-electron chi connectivity index (χ0n) is 12.4. The van der Waals surface area contributed by atoms with E-state index in [9.17, 15) is 4.79 Å². The number of carbonyl (C=O) groups excluding carboxylic acids is 1. The number of pyridine rings is 1. The molecule has 1 N–H and O–H groups in total. The fraction of sp³-hybridized carbons (Fsp3) is 0.600. The fourth-order valence-electron chi connectivity index (χ4n) is 2.80. The highest BCUT2D eigenvalue weighted by atomic mass is 16.5. The second-order valence-electron chi connectivity index (χ2n) is 5.66. The summed E-state index contributed by atoms with van der Waals surface area (Å²) in [4.78, 5) is 20.7. The third-order valence-electron chi connectivity index (χ3n) is 3.96. The van der Waals surface area contributed by atoms with Gasteiger partial charge in [-0.05, 0) is 31.9 Å². The Morgan fingerprint density at radius 2 is 2.14 bits per heavy atom. The SMILES string of the molecule is C[C@@H]1CN(C(=O)Nc2ccc(N3CCCC3)nc2)CCO1. The molecule has 0 unspecified atom stereocenters. The zero-order chi connectivity index (χ0) is 14.7. The van der Waals surface area contributed by atoms with Gasteiger partial charge < -0.3 is 19.9 Å². The lowest BCUT2D eigenvalue weighted by Gasteiger charge is -2.31. The minimum Gasteiger partial charge on any atom is -0.375 e. The summed E-state index contributed by atoms with van der Waals surface area (Å²) in [6.07, 6.45) is 4.29. The van der Waals surface area contributed by atoms with Crippen LogP contribution in [0.2, 0.25) is 0 Å². The van der Waals surface area contributed by atoms with Gasteiger partial charge in [0.25, 0.3) is 0 Å². The van der Waals surface area contributed by atoms with E-state index in [2.05, 4.69) is 15.2 Å². The lowest BCUT2D eigenvalue weighted by Crippen LogP contribution is -2.46. The number of aromatic nitrogens is 1.